The third-order valence-corrected chi connectivity index (χ3v) is 5.22. The first-order chi connectivity index (χ1) is 13.3. The number of aryl methyl sites for hydroxylation is 1. The molecule has 1 amide bonds. The number of methoxy groups -OCH3 is 1. The van der Waals surface area contributed by atoms with E-state index in [0.717, 1.165) is 24.0 Å². The SMILES string of the molecule is CCC(C)CN(CCOC)C(=O)c1nn(C)c2c1CCCC(=CN(C)C)C2=O. The average molecular weight is 391 g/mol. The molecular weight excluding hydrogens is 356 g/mol. The predicted molar refractivity (Wildman–Crippen MR) is 109 cm³/mol. The number of carbonyl (C=O) groups is 2. The van der Waals surface area contributed by atoms with E-state index < -0.39 is 0 Å². The summed E-state index contributed by atoms with van der Waals surface area (Å²) in [5.41, 5.74) is 2.51. The summed E-state index contributed by atoms with van der Waals surface area (Å²) < 4.78 is 6.77. The highest BCUT2D eigenvalue weighted by atomic mass is 16.5. The van der Waals surface area contributed by atoms with Gasteiger partial charge < -0.3 is 14.5 Å². The monoisotopic (exact) mass is 390 g/mol. The number of allylic oxidation sites excluding steroid dienone is 1. The maximum atomic E-state index is 13.3. The zero-order valence-corrected chi connectivity index (χ0v) is 18.1. The maximum absolute atomic E-state index is 13.3. The molecule has 0 fully saturated rings. The molecule has 1 aromatic rings. The lowest BCUT2D eigenvalue weighted by Crippen LogP contribution is -2.37. The molecule has 156 valence electrons. The first-order valence-corrected chi connectivity index (χ1v) is 10.1. The van der Waals surface area contributed by atoms with Crippen LogP contribution in [-0.4, -0.2) is 72.2 Å². The van der Waals surface area contributed by atoms with Crippen molar-refractivity contribution in [1.82, 2.24) is 19.6 Å². The van der Waals surface area contributed by atoms with Crippen molar-refractivity contribution in [3.05, 3.63) is 28.7 Å². The van der Waals surface area contributed by atoms with Gasteiger partial charge in [-0.3, -0.25) is 14.3 Å². The molecule has 0 saturated carbocycles. The van der Waals surface area contributed by atoms with Crippen LogP contribution in [0.25, 0.3) is 0 Å². The Labute approximate surface area is 168 Å². The van der Waals surface area contributed by atoms with Gasteiger partial charge in [0.15, 0.2) is 5.69 Å². The van der Waals surface area contributed by atoms with Gasteiger partial charge in [0, 0.05) is 58.7 Å². The van der Waals surface area contributed by atoms with Crippen LogP contribution >= 0.6 is 0 Å². The number of ether oxygens (including phenoxy) is 1. The lowest BCUT2D eigenvalue weighted by atomic mass is 10.0. The molecular formula is C21H34N4O3. The number of hydrogen-bond donors (Lipinski definition) is 0. The Morgan fingerprint density at radius 3 is 2.68 bits per heavy atom. The Morgan fingerprint density at radius 1 is 1.36 bits per heavy atom. The zero-order valence-electron chi connectivity index (χ0n) is 18.1. The van der Waals surface area contributed by atoms with Crippen molar-refractivity contribution in [2.45, 2.75) is 39.5 Å². The topological polar surface area (TPSA) is 67.7 Å². The molecule has 7 heteroatoms. The number of amides is 1. The van der Waals surface area contributed by atoms with E-state index in [1.807, 2.05) is 30.1 Å². The second kappa shape index (κ2) is 9.87. The third kappa shape index (κ3) is 5.01. The highest BCUT2D eigenvalue weighted by Crippen LogP contribution is 2.27. The van der Waals surface area contributed by atoms with Crippen LogP contribution in [0, 0.1) is 5.92 Å². The summed E-state index contributed by atoms with van der Waals surface area (Å²) in [6, 6.07) is 0. The van der Waals surface area contributed by atoms with Gasteiger partial charge in [-0.2, -0.15) is 5.10 Å². The van der Waals surface area contributed by atoms with E-state index >= 15 is 0 Å². The molecule has 1 atom stereocenters. The third-order valence-electron chi connectivity index (χ3n) is 5.22. The van der Waals surface area contributed by atoms with E-state index in [2.05, 4.69) is 18.9 Å². The molecule has 0 radical (unpaired) electrons. The lowest BCUT2D eigenvalue weighted by molar-refractivity contribution is 0.0658. The Hall–Kier alpha value is -2.15. The van der Waals surface area contributed by atoms with Crippen molar-refractivity contribution < 1.29 is 14.3 Å². The van der Waals surface area contributed by atoms with Crippen LogP contribution in [-0.2, 0) is 18.2 Å². The van der Waals surface area contributed by atoms with Crippen LogP contribution in [0.4, 0.5) is 0 Å². The number of aromatic nitrogens is 2. The summed E-state index contributed by atoms with van der Waals surface area (Å²) in [6.45, 7) is 5.90. The van der Waals surface area contributed by atoms with Crippen LogP contribution in [0.2, 0.25) is 0 Å². The fourth-order valence-corrected chi connectivity index (χ4v) is 3.55. The number of ketones is 1. The second-order valence-electron chi connectivity index (χ2n) is 7.86. The van der Waals surface area contributed by atoms with E-state index in [9.17, 15) is 9.59 Å². The Kier molecular flexibility index (Phi) is 7.80. The molecule has 1 aliphatic carbocycles. The van der Waals surface area contributed by atoms with E-state index in [4.69, 9.17) is 4.74 Å². The molecule has 0 aliphatic heterocycles. The predicted octanol–water partition coefficient (Wildman–Crippen LogP) is 2.52. The Balaban J connectivity index is 2.40. The second-order valence-corrected chi connectivity index (χ2v) is 7.86. The number of fused-ring (bicyclic) bond motifs is 1. The number of hydrogen-bond acceptors (Lipinski definition) is 5. The molecule has 0 bridgehead atoms. The smallest absolute Gasteiger partial charge is 0.274 e. The molecule has 28 heavy (non-hydrogen) atoms. The summed E-state index contributed by atoms with van der Waals surface area (Å²) >= 11 is 0. The van der Waals surface area contributed by atoms with Gasteiger partial charge in [-0.05, 0) is 25.2 Å². The van der Waals surface area contributed by atoms with Crippen LogP contribution in [0.5, 0.6) is 0 Å². The standard InChI is InChI=1S/C21H34N4O3/c1-7-15(2)13-25(11-12-28-6)21(27)18-17-10-8-9-16(14-23(3)4)20(26)19(17)24(5)22-18/h14-15H,7-13H2,1-6H3. The molecule has 0 aromatic carbocycles. The van der Waals surface area contributed by atoms with Crippen LogP contribution in [0.15, 0.2) is 11.8 Å². The minimum atomic E-state index is -0.109. The van der Waals surface area contributed by atoms with Gasteiger partial charge in [-0.25, -0.2) is 0 Å². The van der Waals surface area contributed by atoms with E-state index in [1.54, 1.807) is 18.8 Å². The minimum Gasteiger partial charge on any atom is -0.383 e. The molecule has 1 aliphatic rings. The molecule has 2 rings (SSSR count). The van der Waals surface area contributed by atoms with Gasteiger partial charge in [0.05, 0.1) is 6.61 Å². The fraction of sp³-hybridized carbons (Fsp3) is 0.667. The molecule has 1 heterocycles. The summed E-state index contributed by atoms with van der Waals surface area (Å²) in [7, 11) is 7.20. The van der Waals surface area contributed by atoms with Crippen molar-refractivity contribution in [2.24, 2.45) is 13.0 Å². The molecule has 0 saturated heterocycles. The van der Waals surface area contributed by atoms with Crippen LogP contribution in [0.3, 0.4) is 0 Å². The molecule has 0 N–H and O–H groups in total. The van der Waals surface area contributed by atoms with Gasteiger partial charge >= 0.3 is 0 Å². The quantitative estimate of drug-likeness (QED) is 0.504. The van der Waals surface area contributed by atoms with Gasteiger partial charge in [0.25, 0.3) is 5.91 Å². The van der Waals surface area contributed by atoms with Crippen molar-refractivity contribution in [3.63, 3.8) is 0 Å². The molecule has 7 nitrogen and oxygen atoms in total. The first-order valence-electron chi connectivity index (χ1n) is 10.1. The molecule has 1 unspecified atom stereocenters. The van der Waals surface area contributed by atoms with Gasteiger partial charge in [-0.1, -0.05) is 20.3 Å². The maximum Gasteiger partial charge on any atom is 0.274 e. The highest BCUT2D eigenvalue weighted by Gasteiger charge is 2.31. The highest BCUT2D eigenvalue weighted by molar-refractivity contribution is 6.10. The Morgan fingerprint density at radius 2 is 2.07 bits per heavy atom. The van der Waals surface area contributed by atoms with Crippen molar-refractivity contribution in [3.8, 4) is 0 Å². The van der Waals surface area contributed by atoms with E-state index in [-0.39, 0.29) is 11.7 Å². The van der Waals surface area contributed by atoms with Gasteiger partial charge in [-0.15, -0.1) is 0 Å². The normalized spacial score (nSPS) is 16.6. The molecule has 0 spiro atoms. The van der Waals surface area contributed by atoms with E-state index in [1.165, 1.54) is 0 Å². The largest absolute Gasteiger partial charge is 0.383 e. The summed E-state index contributed by atoms with van der Waals surface area (Å²) in [4.78, 5) is 30.1. The summed E-state index contributed by atoms with van der Waals surface area (Å²) in [5.74, 6) is 0.252. The number of Topliss-reactive ketones (excluding diaryl/α,β-unsaturated/α-hetero) is 1. The van der Waals surface area contributed by atoms with Crippen LogP contribution < -0.4 is 0 Å². The zero-order chi connectivity index (χ0) is 20.8. The number of nitrogens with zero attached hydrogens (tertiary/aromatic N) is 4. The number of rotatable bonds is 8. The Bertz CT molecular complexity index is 736. The van der Waals surface area contributed by atoms with Crippen molar-refractivity contribution in [1.29, 1.82) is 0 Å². The van der Waals surface area contributed by atoms with Crippen LogP contribution in [0.1, 0.15) is 59.7 Å². The molecule has 1 aromatic heterocycles. The first kappa shape index (κ1) is 22.1. The minimum absolute atomic E-state index is 0.0272. The summed E-state index contributed by atoms with van der Waals surface area (Å²) in [6.07, 6.45) is 5.09. The summed E-state index contributed by atoms with van der Waals surface area (Å²) in [5, 5.41) is 4.48. The average Bonchev–Trinajstić information content (AvgIpc) is 2.89. The van der Waals surface area contributed by atoms with Crippen molar-refractivity contribution in [2.75, 3.05) is 40.9 Å². The number of carbonyl (C=O) groups excluding carboxylic acids is 2. The van der Waals surface area contributed by atoms with Gasteiger partial charge in [0.1, 0.15) is 5.69 Å². The fourth-order valence-electron chi connectivity index (χ4n) is 3.55. The lowest BCUT2D eigenvalue weighted by Gasteiger charge is -2.25. The van der Waals surface area contributed by atoms with Crippen molar-refractivity contribution >= 4 is 11.7 Å². The van der Waals surface area contributed by atoms with Gasteiger partial charge in [0.2, 0.25) is 5.78 Å². The van der Waals surface area contributed by atoms with E-state index in [0.29, 0.717) is 49.8 Å².